The Hall–Kier alpha value is -7.48. The van der Waals surface area contributed by atoms with Gasteiger partial charge in [0.15, 0.2) is 17.5 Å². The molecule has 4 nitrogen and oxygen atoms in total. The molecule has 0 bridgehead atoms. The second-order valence-electron chi connectivity index (χ2n) is 13.9. The molecule has 0 spiro atoms. The second-order valence-corrected chi connectivity index (χ2v) is 13.9. The van der Waals surface area contributed by atoms with Crippen molar-refractivity contribution in [3.8, 4) is 62.5 Å². The Balaban J connectivity index is 1.29. The zero-order valence-corrected chi connectivity index (χ0v) is 29.8. The Kier molecular flexibility index (Phi) is 7.71. The minimum absolute atomic E-state index is 0.615. The number of nitrogens with zero attached hydrogens (tertiary/aromatic N) is 4. The lowest BCUT2D eigenvalue weighted by atomic mass is 9.67. The predicted molar refractivity (Wildman–Crippen MR) is 221 cm³/mol. The summed E-state index contributed by atoms with van der Waals surface area (Å²) in [6, 6.07) is 70.0. The molecule has 0 amide bonds. The molecule has 0 unspecified atom stereocenters. The van der Waals surface area contributed by atoms with Gasteiger partial charge in [0.2, 0.25) is 0 Å². The lowest BCUT2D eigenvalue weighted by molar-refractivity contribution is 0.769. The maximum absolute atomic E-state index is 9.61. The molecule has 0 radical (unpaired) electrons. The van der Waals surface area contributed by atoms with E-state index in [1.54, 1.807) is 0 Å². The molecule has 10 rings (SSSR count). The van der Waals surface area contributed by atoms with Crippen LogP contribution in [-0.2, 0) is 5.41 Å². The van der Waals surface area contributed by atoms with Crippen LogP contribution in [0.25, 0.3) is 67.2 Å². The molecule has 0 saturated heterocycles. The number of nitriles is 1. The van der Waals surface area contributed by atoms with Crippen molar-refractivity contribution in [3.05, 3.63) is 222 Å². The summed E-state index contributed by atoms with van der Waals surface area (Å²) in [5.74, 6) is 1.87. The highest BCUT2D eigenvalue weighted by Gasteiger charge is 2.47. The molecule has 1 aliphatic rings. The van der Waals surface area contributed by atoms with Crippen LogP contribution in [0.15, 0.2) is 194 Å². The van der Waals surface area contributed by atoms with E-state index in [0.29, 0.717) is 23.0 Å². The van der Waals surface area contributed by atoms with Crippen molar-refractivity contribution in [1.82, 2.24) is 15.0 Å². The van der Waals surface area contributed by atoms with Crippen molar-refractivity contribution in [2.75, 3.05) is 0 Å². The van der Waals surface area contributed by atoms with Gasteiger partial charge in [0.05, 0.1) is 17.0 Å². The van der Waals surface area contributed by atoms with Crippen LogP contribution < -0.4 is 0 Å². The number of hydrogen-bond acceptors (Lipinski definition) is 4. The van der Waals surface area contributed by atoms with Crippen molar-refractivity contribution >= 4 is 10.8 Å². The summed E-state index contributed by atoms with van der Waals surface area (Å²) in [5, 5.41) is 12.0. The Morgan fingerprint density at radius 1 is 0.382 bits per heavy atom. The fraction of sp³-hybridized carbons (Fsp3) is 0.0196. The van der Waals surface area contributed by atoms with E-state index in [1.165, 1.54) is 38.8 Å². The molecule has 0 N–H and O–H groups in total. The van der Waals surface area contributed by atoms with Crippen LogP contribution in [0.3, 0.4) is 0 Å². The van der Waals surface area contributed by atoms with E-state index in [1.807, 2.05) is 72.8 Å². The van der Waals surface area contributed by atoms with Crippen LogP contribution >= 0.6 is 0 Å². The van der Waals surface area contributed by atoms with E-state index in [0.717, 1.165) is 33.2 Å². The molecule has 256 valence electrons. The van der Waals surface area contributed by atoms with E-state index in [-0.39, 0.29) is 0 Å². The first kappa shape index (κ1) is 32.2. The van der Waals surface area contributed by atoms with Crippen LogP contribution in [0.4, 0.5) is 0 Å². The molecule has 1 aromatic heterocycles. The van der Waals surface area contributed by atoms with Crippen LogP contribution in [0.2, 0.25) is 0 Å². The zero-order valence-electron chi connectivity index (χ0n) is 29.8. The average molecular weight is 701 g/mol. The van der Waals surface area contributed by atoms with E-state index in [9.17, 15) is 5.26 Å². The third-order valence-electron chi connectivity index (χ3n) is 10.8. The fourth-order valence-electron chi connectivity index (χ4n) is 8.38. The van der Waals surface area contributed by atoms with Crippen molar-refractivity contribution in [1.29, 1.82) is 5.26 Å². The second kappa shape index (κ2) is 13.2. The minimum Gasteiger partial charge on any atom is -0.208 e. The first-order chi connectivity index (χ1) is 27.2. The molecule has 0 saturated carbocycles. The molecular weight excluding hydrogens is 669 g/mol. The van der Waals surface area contributed by atoms with E-state index < -0.39 is 5.41 Å². The Bertz CT molecular complexity index is 2800. The third-order valence-corrected chi connectivity index (χ3v) is 10.8. The maximum Gasteiger partial charge on any atom is 0.164 e. The van der Waals surface area contributed by atoms with E-state index >= 15 is 0 Å². The summed E-state index contributed by atoms with van der Waals surface area (Å²) >= 11 is 0. The summed E-state index contributed by atoms with van der Waals surface area (Å²) in [6.45, 7) is 0. The van der Waals surface area contributed by atoms with Gasteiger partial charge in [0.1, 0.15) is 0 Å². The van der Waals surface area contributed by atoms with E-state index in [4.69, 9.17) is 15.0 Å². The largest absolute Gasteiger partial charge is 0.208 e. The van der Waals surface area contributed by atoms with Crippen molar-refractivity contribution in [2.45, 2.75) is 5.41 Å². The van der Waals surface area contributed by atoms with Crippen LogP contribution in [-0.4, -0.2) is 15.0 Å². The lowest BCUT2D eigenvalue weighted by Crippen LogP contribution is -2.28. The summed E-state index contributed by atoms with van der Waals surface area (Å²) in [5.41, 5.74) is 12.0. The van der Waals surface area contributed by atoms with Crippen molar-refractivity contribution in [2.24, 2.45) is 0 Å². The van der Waals surface area contributed by atoms with Gasteiger partial charge in [0.25, 0.3) is 0 Å². The quantitative estimate of drug-likeness (QED) is 0.173. The minimum atomic E-state index is -0.674. The third kappa shape index (κ3) is 5.25. The highest BCUT2D eigenvalue weighted by Crippen LogP contribution is 2.59. The van der Waals surface area contributed by atoms with Crippen molar-refractivity contribution in [3.63, 3.8) is 0 Å². The van der Waals surface area contributed by atoms with Crippen LogP contribution in [0, 0.1) is 11.3 Å². The van der Waals surface area contributed by atoms with Gasteiger partial charge in [-0.05, 0) is 79.5 Å². The van der Waals surface area contributed by atoms with Crippen molar-refractivity contribution < 1.29 is 0 Å². The number of aromatic nitrogens is 3. The molecule has 1 aliphatic carbocycles. The van der Waals surface area contributed by atoms with Gasteiger partial charge < -0.3 is 0 Å². The molecular formula is C51H32N4. The first-order valence-electron chi connectivity index (χ1n) is 18.4. The lowest BCUT2D eigenvalue weighted by Gasteiger charge is -2.34. The topological polar surface area (TPSA) is 62.5 Å². The van der Waals surface area contributed by atoms with Gasteiger partial charge in [0, 0.05) is 16.7 Å². The molecule has 8 aromatic carbocycles. The zero-order chi connectivity index (χ0) is 36.8. The van der Waals surface area contributed by atoms with Gasteiger partial charge in [-0.25, -0.2) is 15.0 Å². The molecule has 0 fully saturated rings. The molecule has 1 heterocycles. The summed E-state index contributed by atoms with van der Waals surface area (Å²) in [6.07, 6.45) is 0. The summed E-state index contributed by atoms with van der Waals surface area (Å²) < 4.78 is 0. The van der Waals surface area contributed by atoms with Crippen LogP contribution in [0.5, 0.6) is 0 Å². The molecule has 0 atom stereocenters. The highest BCUT2D eigenvalue weighted by atomic mass is 15.0. The van der Waals surface area contributed by atoms with Gasteiger partial charge in [-0.2, -0.15) is 5.26 Å². The van der Waals surface area contributed by atoms with Crippen LogP contribution in [0.1, 0.15) is 27.8 Å². The van der Waals surface area contributed by atoms with Gasteiger partial charge >= 0.3 is 0 Å². The number of fused-ring (bicyclic) bond motifs is 5. The SMILES string of the molecule is N#Cc1ccc(-c2cc3c(c4ccccc24)-c2ccc(-c4nc(-c5ccccc5)nc(-c5ccccc5)n4)cc2C3(c2ccccc2)c2ccccc2)cc1. The number of benzene rings is 8. The van der Waals surface area contributed by atoms with E-state index in [2.05, 4.69) is 127 Å². The normalized spacial score (nSPS) is 12.5. The Morgan fingerprint density at radius 2 is 0.855 bits per heavy atom. The monoisotopic (exact) mass is 700 g/mol. The predicted octanol–water partition coefficient (Wildman–Crippen LogP) is 11.9. The summed E-state index contributed by atoms with van der Waals surface area (Å²) in [7, 11) is 0. The Morgan fingerprint density at radius 3 is 1.40 bits per heavy atom. The highest BCUT2D eigenvalue weighted by molar-refractivity contribution is 6.10. The molecule has 4 heteroatoms. The first-order valence-corrected chi connectivity index (χ1v) is 18.4. The van der Waals surface area contributed by atoms with Gasteiger partial charge in [-0.1, -0.05) is 170 Å². The number of rotatable bonds is 6. The van der Waals surface area contributed by atoms with Gasteiger partial charge in [-0.15, -0.1) is 0 Å². The molecule has 9 aromatic rings. The number of hydrogen-bond donors (Lipinski definition) is 0. The molecule has 55 heavy (non-hydrogen) atoms. The summed E-state index contributed by atoms with van der Waals surface area (Å²) in [4.78, 5) is 15.3. The maximum atomic E-state index is 9.61. The molecule has 0 aliphatic heterocycles. The Labute approximate surface area is 319 Å². The standard InChI is InChI=1S/C51H32N4/c52-33-34-25-27-35(28-26-34)44-32-46-47(42-24-14-13-23-41(42)44)43-30-29-38(31-45(43)51(46,39-19-9-3-10-20-39)40-21-11-4-12-22-40)50-54-48(36-15-5-1-6-16-36)53-49(55-50)37-17-7-2-8-18-37/h1-32H. The smallest absolute Gasteiger partial charge is 0.164 e. The van der Waals surface area contributed by atoms with Gasteiger partial charge in [-0.3, -0.25) is 0 Å². The average Bonchev–Trinajstić information content (AvgIpc) is 3.57. The fourth-order valence-corrected chi connectivity index (χ4v) is 8.38.